The van der Waals surface area contributed by atoms with Crippen LogP contribution in [0.4, 0.5) is 0 Å². The lowest BCUT2D eigenvalue weighted by atomic mass is 10.2. The Bertz CT molecular complexity index is 518. The minimum Gasteiger partial charge on any atom is -0.313 e. The second-order valence-corrected chi connectivity index (χ2v) is 3.70. The van der Waals surface area contributed by atoms with Gasteiger partial charge in [-0.15, -0.1) is 0 Å². The summed E-state index contributed by atoms with van der Waals surface area (Å²) in [5, 5.41) is 0.628. The molecule has 66 valence electrons. The van der Waals surface area contributed by atoms with Crippen LogP contribution in [0.5, 0.6) is 0 Å². The van der Waals surface area contributed by atoms with Crippen LogP contribution in [0.15, 0.2) is 27.7 Å². The van der Waals surface area contributed by atoms with Crippen LogP contribution in [-0.2, 0) is 0 Å². The largest absolute Gasteiger partial charge is 0.313 e. The lowest BCUT2D eigenvalue weighted by Gasteiger charge is -1.99. The first-order valence-electron chi connectivity index (χ1n) is 3.82. The van der Waals surface area contributed by atoms with E-state index in [4.69, 9.17) is 0 Å². The molecule has 0 amide bonds. The van der Waals surface area contributed by atoms with Crippen LogP contribution < -0.4 is 5.56 Å². The van der Waals surface area contributed by atoms with Crippen LogP contribution >= 0.6 is 15.9 Å². The number of nitrogens with zero attached hydrogens (tertiary/aromatic N) is 1. The first-order valence-corrected chi connectivity index (χ1v) is 4.61. The first kappa shape index (κ1) is 8.44. The van der Waals surface area contributed by atoms with Crippen molar-refractivity contribution in [2.45, 2.75) is 6.92 Å². The van der Waals surface area contributed by atoms with Gasteiger partial charge in [-0.05, 0) is 24.6 Å². The number of halogens is 1. The van der Waals surface area contributed by atoms with E-state index in [1.807, 2.05) is 19.1 Å². The molecule has 0 spiro atoms. The van der Waals surface area contributed by atoms with E-state index in [1.54, 1.807) is 0 Å². The van der Waals surface area contributed by atoms with Crippen LogP contribution in [0.25, 0.3) is 10.9 Å². The zero-order valence-corrected chi connectivity index (χ0v) is 8.55. The van der Waals surface area contributed by atoms with Gasteiger partial charge in [0.2, 0.25) is 0 Å². The Hall–Kier alpha value is -1.16. The van der Waals surface area contributed by atoms with Gasteiger partial charge in [0.05, 0.1) is 17.2 Å². The Morgan fingerprint density at radius 3 is 3.00 bits per heavy atom. The van der Waals surface area contributed by atoms with Gasteiger partial charge in [-0.2, -0.15) is 0 Å². The van der Waals surface area contributed by atoms with Crippen molar-refractivity contribution in [1.29, 1.82) is 0 Å². The van der Waals surface area contributed by atoms with Crippen molar-refractivity contribution in [1.82, 2.24) is 9.97 Å². The molecule has 0 saturated heterocycles. The van der Waals surface area contributed by atoms with Crippen LogP contribution in [0, 0.1) is 6.92 Å². The maximum absolute atomic E-state index is 11.3. The van der Waals surface area contributed by atoms with E-state index in [9.17, 15) is 4.79 Å². The minimum absolute atomic E-state index is 0.0967. The molecule has 3 nitrogen and oxygen atoms in total. The average Bonchev–Trinajstić information content (AvgIpc) is 2.09. The maximum Gasteiger partial charge on any atom is 0.258 e. The molecule has 2 aromatic rings. The number of fused-ring (bicyclic) bond motifs is 1. The fourth-order valence-electron chi connectivity index (χ4n) is 1.20. The van der Waals surface area contributed by atoms with E-state index in [1.165, 1.54) is 6.33 Å². The summed E-state index contributed by atoms with van der Waals surface area (Å²) in [6.45, 7) is 1.94. The molecule has 0 aliphatic rings. The van der Waals surface area contributed by atoms with Gasteiger partial charge in [0.1, 0.15) is 0 Å². The number of aryl methyl sites for hydroxylation is 1. The highest BCUT2D eigenvalue weighted by atomic mass is 79.9. The van der Waals surface area contributed by atoms with Gasteiger partial charge in [-0.3, -0.25) is 4.79 Å². The number of hydrogen-bond donors (Lipinski definition) is 1. The van der Waals surface area contributed by atoms with E-state index in [-0.39, 0.29) is 5.56 Å². The molecule has 2 rings (SSSR count). The number of aromatic amines is 1. The van der Waals surface area contributed by atoms with Crippen molar-refractivity contribution in [3.05, 3.63) is 38.9 Å². The Kier molecular flexibility index (Phi) is 1.92. The predicted octanol–water partition coefficient (Wildman–Crippen LogP) is 1.99. The highest BCUT2D eigenvalue weighted by Crippen LogP contribution is 2.19. The molecule has 0 unspecified atom stereocenters. The number of hydrogen-bond acceptors (Lipinski definition) is 2. The van der Waals surface area contributed by atoms with Crippen LogP contribution in [0.2, 0.25) is 0 Å². The van der Waals surface area contributed by atoms with E-state index < -0.39 is 0 Å². The molecular formula is C9H7BrN2O. The highest BCUT2D eigenvalue weighted by Gasteiger charge is 2.02. The number of aromatic nitrogens is 2. The lowest BCUT2D eigenvalue weighted by Crippen LogP contribution is -2.06. The monoisotopic (exact) mass is 238 g/mol. The van der Waals surface area contributed by atoms with Crippen molar-refractivity contribution in [3.63, 3.8) is 0 Å². The Labute approximate surface area is 82.9 Å². The van der Waals surface area contributed by atoms with Crippen LogP contribution in [0.1, 0.15) is 5.56 Å². The molecule has 1 N–H and O–H groups in total. The van der Waals surface area contributed by atoms with E-state index >= 15 is 0 Å². The van der Waals surface area contributed by atoms with Crippen LogP contribution in [-0.4, -0.2) is 9.97 Å². The normalized spacial score (nSPS) is 10.6. The molecular weight excluding hydrogens is 232 g/mol. The molecule has 0 fully saturated rings. The number of benzene rings is 1. The van der Waals surface area contributed by atoms with Gasteiger partial charge < -0.3 is 4.98 Å². The van der Waals surface area contributed by atoms with Gasteiger partial charge in [0, 0.05) is 4.47 Å². The standard InChI is InChI=1S/C9H7BrN2O/c1-5-2-6-8(3-7(5)10)11-4-12-9(6)13/h2-4H,1H3,(H,11,12,13). The summed E-state index contributed by atoms with van der Waals surface area (Å²) in [5.74, 6) is 0. The Morgan fingerprint density at radius 2 is 2.23 bits per heavy atom. The Balaban J connectivity index is 2.97. The fourth-order valence-corrected chi connectivity index (χ4v) is 1.53. The van der Waals surface area contributed by atoms with Gasteiger partial charge in [0.25, 0.3) is 5.56 Å². The second kappa shape index (κ2) is 2.96. The average molecular weight is 239 g/mol. The molecule has 1 aromatic heterocycles. The molecule has 0 bridgehead atoms. The SMILES string of the molecule is Cc1cc2c(=O)[nH]cnc2cc1Br. The first-order chi connectivity index (χ1) is 6.18. The van der Waals surface area contributed by atoms with Crippen molar-refractivity contribution in [3.8, 4) is 0 Å². The third-order valence-electron chi connectivity index (χ3n) is 1.92. The van der Waals surface area contributed by atoms with E-state index in [0.29, 0.717) is 10.9 Å². The number of nitrogens with one attached hydrogen (secondary N) is 1. The topological polar surface area (TPSA) is 45.8 Å². The summed E-state index contributed by atoms with van der Waals surface area (Å²) >= 11 is 3.39. The van der Waals surface area contributed by atoms with E-state index in [0.717, 1.165) is 10.0 Å². The molecule has 0 aliphatic carbocycles. The predicted molar refractivity (Wildman–Crippen MR) is 54.8 cm³/mol. The smallest absolute Gasteiger partial charge is 0.258 e. The third-order valence-corrected chi connectivity index (χ3v) is 2.78. The van der Waals surface area contributed by atoms with Crippen LogP contribution in [0.3, 0.4) is 0 Å². The zero-order chi connectivity index (χ0) is 9.42. The van der Waals surface area contributed by atoms with Gasteiger partial charge in [0.15, 0.2) is 0 Å². The molecule has 13 heavy (non-hydrogen) atoms. The van der Waals surface area contributed by atoms with Crippen molar-refractivity contribution in [2.24, 2.45) is 0 Å². The molecule has 1 aromatic carbocycles. The summed E-state index contributed by atoms with van der Waals surface area (Å²) in [7, 11) is 0. The molecule has 0 radical (unpaired) electrons. The van der Waals surface area contributed by atoms with Crippen molar-refractivity contribution in [2.75, 3.05) is 0 Å². The number of rotatable bonds is 0. The minimum atomic E-state index is -0.0967. The van der Waals surface area contributed by atoms with Crippen molar-refractivity contribution < 1.29 is 0 Å². The molecule has 1 heterocycles. The summed E-state index contributed by atoms with van der Waals surface area (Å²) in [5.41, 5.74) is 1.65. The summed E-state index contributed by atoms with van der Waals surface area (Å²) in [4.78, 5) is 17.9. The van der Waals surface area contributed by atoms with Gasteiger partial charge in [-0.25, -0.2) is 4.98 Å². The third kappa shape index (κ3) is 1.37. The van der Waals surface area contributed by atoms with Gasteiger partial charge >= 0.3 is 0 Å². The maximum atomic E-state index is 11.3. The summed E-state index contributed by atoms with van der Waals surface area (Å²) < 4.78 is 0.970. The molecule has 4 heteroatoms. The quantitative estimate of drug-likeness (QED) is 0.764. The molecule has 0 atom stereocenters. The molecule has 0 saturated carbocycles. The molecule has 0 aliphatic heterocycles. The summed E-state index contributed by atoms with van der Waals surface area (Å²) in [6, 6.07) is 3.67. The fraction of sp³-hybridized carbons (Fsp3) is 0.111. The van der Waals surface area contributed by atoms with E-state index in [2.05, 4.69) is 25.9 Å². The second-order valence-electron chi connectivity index (χ2n) is 2.85. The zero-order valence-electron chi connectivity index (χ0n) is 6.97. The number of H-pyrrole nitrogens is 1. The Morgan fingerprint density at radius 1 is 1.46 bits per heavy atom. The lowest BCUT2D eigenvalue weighted by molar-refractivity contribution is 1.17. The van der Waals surface area contributed by atoms with Gasteiger partial charge in [-0.1, -0.05) is 15.9 Å². The highest BCUT2D eigenvalue weighted by molar-refractivity contribution is 9.10. The summed E-state index contributed by atoms with van der Waals surface area (Å²) in [6.07, 6.45) is 1.41. The van der Waals surface area contributed by atoms with Crippen molar-refractivity contribution >= 4 is 26.8 Å².